The van der Waals surface area contributed by atoms with Crippen molar-refractivity contribution in [2.75, 3.05) is 11.9 Å². The molecule has 0 spiro atoms. The van der Waals surface area contributed by atoms with Gasteiger partial charge in [0, 0.05) is 11.6 Å². The fraction of sp³-hybridized carbons (Fsp3) is 0.333. The summed E-state index contributed by atoms with van der Waals surface area (Å²) in [5.74, 6) is 1.55. The maximum Gasteiger partial charge on any atom is 0.236 e. The highest BCUT2D eigenvalue weighted by molar-refractivity contribution is 6.35. The lowest BCUT2D eigenvalue weighted by Gasteiger charge is -2.06. The second-order valence-corrected chi connectivity index (χ2v) is 5.88. The van der Waals surface area contributed by atoms with Gasteiger partial charge in [0.15, 0.2) is 6.61 Å². The first-order valence-electron chi connectivity index (χ1n) is 6.71. The average Bonchev–Trinajstić information content (AvgIpc) is 2.86. The van der Waals surface area contributed by atoms with Crippen LogP contribution in [0.4, 0.5) is 5.88 Å². The maximum atomic E-state index is 9.07. The summed E-state index contributed by atoms with van der Waals surface area (Å²) in [5.41, 5.74) is 0.210. The summed E-state index contributed by atoms with van der Waals surface area (Å²) in [6.07, 6.45) is 0. The van der Waals surface area contributed by atoms with Crippen molar-refractivity contribution < 1.29 is 9.15 Å². The summed E-state index contributed by atoms with van der Waals surface area (Å²) in [7, 11) is 0. The number of ether oxygens (including phenoxy) is 1. The van der Waals surface area contributed by atoms with Crippen molar-refractivity contribution in [3.05, 3.63) is 39.8 Å². The van der Waals surface area contributed by atoms with Crippen LogP contribution in [-0.2, 0) is 6.61 Å². The Bertz CT molecular complexity index is 693. The van der Waals surface area contributed by atoms with Gasteiger partial charge in [-0.15, -0.1) is 0 Å². The molecule has 1 aromatic carbocycles. The van der Waals surface area contributed by atoms with Crippen LogP contribution < -0.4 is 10.1 Å². The fourth-order valence-electron chi connectivity index (χ4n) is 1.65. The van der Waals surface area contributed by atoms with Gasteiger partial charge in [-0.25, -0.2) is 0 Å². The topological polar surface area (TPSA) is 71.1 Å². The molecular weight excluding hydrogens is 325 g/mol. The third kappa shape index (κ3) is 4.30. The fourth-order valence-corrected chi connectivity index (χ4v) is 2.11. The second kappa shape index (κ2) is 7.39. The number of nitrogens with zero attached hydrogens (tertiary/aromatic N) is 2. The molecule has 2 aromatic rings. The highest BCUT2D eigenvalue weighted by Crippen LogP contribution is 2.28. The normalized spacial score (nSPS) is 10.5. The predicted octanol–water partition coefficient (Wildman–Crippen LogP) is 4.50. The minimum Gasteiger partial charge on any atom is -0.482 e. The van der Waals surface area contributed by atoms with Crippen molar-refractivity contribution >= 4 is 29.1 Å². The molecule has 2 rings (SSSR count). The second-order valence-electron chi connectivity index (χ2n) is 5.04. The van der Waals surface area contributed by atoms with E-state index in [-0.39, 0.29) is 12.3 Å². The molecule has 1 aromatic heterocycles. The molecule has 0 atom stereocenters. The first-order chi connectivity index (χ1) is 10.5. The van der Waals surface area contributed by atoms with E-state index in [1.54, 1.807) is 18.2 Å². The van der Waals surface area contributed by atoms with E-state index in [9.17, 15) is 0 Å². The standard InChI is InChI=1S/C15H15Cl2N3O2/c1-9(2)7-19-15-12(6-18)20-14(22-15)8-21-13-4-3-10(16)5-11(13)17/h3-5,9,19H,7-8H2,1-2H3. The highest BCUT2D eigenvalue weighted by atomic mass is 35.5. The lowest BCUT2D eigenvalue weighted by Crippen LogP contribution is -2.08. The Balaban J connectivity index is 2.05. The minimum absolute atomic E-state index is 0.0688. The van der Waals surface area contributed by atoms with Gasteiger partial charge in [-0.2, -0.15) is 10.2 Å². The molecule has 0 unspecified atom stereocenters. The Morgan fingerprint density at radius 3 is 2.82 bits per heavy atom. The van der Waals surface area contributed by atoms with Crippen LogP contribution in [0.2, 0.25) is 10.0 Å². The number of benzene rings is 1. The van der Waals surface area contributed by atoms with E-state index in [4.69, 9.17) is 37.6 Å². The predicted molar refractivity (Wildman–Crippen MR) is 85.3 cm³/mol. The average molecular weight is 340 g/mol. The van der Waals surface area contributed by atoms with Gasteiger partial charge in [0.05, 0.1) is 5.02 Å². The van der Waals surface area contributed by atoms with Gasteiger partial charge in [0.25, 0.3) is 0 Å². The van der Waals surface area contributed by atoms with Crippen molar-refractivity contribution in [1.29, 1.82) is 5.26 Å². The van der Waals surface area contributed by atoms with E-state index in [2.05, 4.69) is 24.1 Å². The summed E-state index contributed by atoms with van der Waals surface area (Å²) >= 11 is 11.8. The Kier molecular flexibility index (Phi) is 5.53. The SMILES string of the molecule is CC(C)CNc1oc(COc2ccc(Cl)cc2Cl)nc1C#N. The summed E-state index contributed by atoms with van der Waals surface area (Å²) < 4.78 is 11.0. The van der Waals surface area contributed by atoms with E-state index in [1.165, 1.54) is 0 Å². The molecule has 116 valence electrons. The van der Waals surface area contributed by atoms with E-state index in [1.807, 2.05) is 6.07 Å². The van der Waals surface area contributed by atoms with Crippen LogP contribution in [0.25, 0.3) is 0 Å². The molecular formula is C15H15Cl2N3O2. The smallest absolute Gasteiger partial charge is 0.236 e. The van der Waals surface area contributed by atoms with Gasteiger partial charge in [0.2, 0.25) is 17.5 Å². The Hall–Kier alpha value is -1.90. The lowest BCUT2D eigenvalue weighted by molar-refractivity contribution is 0.265. The molecule has 0 saturated heterocycles. The monoisotopic (exact) mass is 339 g/mol. The molecule has 0 bridgehead atoms. The Morgan fingerprint density at radius 2 is 2.18 bits per heavy atom. The zero-order valence-electron chi connectivity index (χ0n) is 12.2. The third-order valence-electron chi connectivity index (χ3n) is 2.69. The number of aromatic nitrogens is 1. The Labute approximate surface area is 138 Å². The van der Waals surface area contributed by atoms with Crippen LogP contribution in [0.5, 0.6) is 5.75 Å². The van der Waals surface area contributed by atoms with Gasteiger partial charge in [0.1, 0.15) is 11.8 Å². The van der Waals surface area contributed by atoms with Crippen LogP contribution in [-0.4, -0.2) is 11.5 Å². The van der Waals surface area contributed by atoms with E-state index < -0.39 is 0 Å². The minimum atomic E-state index is 0.0688. The van der Waals surface area contributed by atoms with Gasteiger partial charge >= 0.3 is 0 Å². The maximum absolute atomic E-state index is 9.07. The molecule has 22 heavy (non-hydrogen) atoms. The number of anilines is 1. The van der Waals surface area contributed by atoms with Crippen LogP contribution >= 0.6 is 23.2 Å². The molecule has 0 aliphatic rings. The molecule has 0 aliphatic heterocycles. The lowest BCUT2D eigenvalue weighted by atomic mass is 10.2. The molecule has 7 heteroatoms. The number of oxazole rings is 1. The Morgan fingerprint density at radius 1 is 1.41 bits per heavy atom. The molecule has 0 saturated carbocycles. The summed E-state index contributed by atoms with van der Waals surface area (Å²) in [5, 5.41) is 13.0. The zero-order valence-corrected chi connectivity index (χ0v) is 13.7. The quantitative estimate of drug-likeness (QED) is 0.838. The summed E-state index contributed by atoms with van der Waals surface area (Å²) in [6, 6.07) is 6.92. The van der Waals surface area contributed by atoms with E-state index >= 15 is 0 Å². The van der Waals surface area contributed by atoms with Gasteiger partial charge < -0.3 is 14.5 Å². The van der Waals surface area contributed by atoms with Gasteiger partial charge in [-0.1, -0.05) is 37.0 Å². The zero-order chi connectivity index (χ0) is 16.1. The largest absolute Gasteiger partial charge is 0.482 e. The molecule has 1 heterocycles. The molecule has 5 nitrogen and oxygen atoms in total. The number of nitriles is 1. The van der Waals surface area contributed by atoms with Crippen molar-refractivity contribution in [2.45, 2.75) is 20.5 Å². The molecule has 0 amide bonds. The van der Waals surface area contributed by atoms with Crippen molar-refractivity contribution in [1.82, 2.24) is 4.98 Å². The summed E-state index contributed by atoms with van der Waals surface area (Å²) in [6.45, 7) is 4.87. The van der Waals surface area contributed by atoms with Crippen LogP contribution in [0.3, 0.4) is 0 Å². The van der Waals surface area contributed by atoms with Crippen molar-refractivity contribution in [2.24, 2.45) is 5.92 Å². The van der Waals surface area contributed by atoms with E-state index in [0.29, 0.717) is 40.0 Å². The molecule has 1 N–H and O–H groups in total. The first-order valence-corrected chi connectivity index (χ1v) is 7.46. The van der Waals surface area contributed by atoms with Crippen molar-refractivity contribution in [3.8, 4) is 11.8 Å². The number of rotatable bonds is 6. The number of halogens is 2. The first kappa shape index (κ1) is 16.5. The van der Waals surface area contributed by atoms with Crippen molar-refractivity contribution in [3.63, 3.8) is 0 Å². The van der Waals surface area contributed by atoms with Crippen LogP contribution in [0, 0.1) is 17.2 Å². The van der Waals surface area contributed by atoms with E-state index in [0.717, 1.165) is 0 Å². The number of nitrogens with one attached hydrogen (secondary N) is 1. The van der Waals surface area contributed by atoms with Crippen LogP contribution in [0.15, 0.2) is 22.6 Å². The summed E-state index contributed by atoms with van der Waals surface area (Å²) in [4.78, 5) is 4.08. The molecule has 0 fully saturated rings. The molecule has 0 radical (unpaired) electrons. The van der Waals surface area contributed by atoms with Gasteiger partial charge in [-0.3, -0.25) is 0 Å². The third-order valence-corrected chi connectivity index (χ3v) is 3.22. The molecule has 0 aliphatic carbocycles. The number of hydrogen-bond donors (Lipinski definition) is 1. The highest BCUT2D eigenvalue weighted by Gasteiger charge is 2.14. The van der Waals surface area contributed by atoms with Crippen LogP contribution in [0.1, 0.15) is 25.4 Å². The number of hydrogen-bond acceptors (Lipinski definition) is 5. The van der Waals surface area contributed by atoms with Gasteiger partial charge in [-0.05, 0) is 24.1 Å².